The number of rotatable bonds is 5. The van der Waals surface area contributed by atoms with E-state index >= 15 is 0 Å². The molecule has 3 rings (SSSR count). The molecule has 0 bridgehead atoms. The molecule has 0 aliphatic rings. The molecular weight excluding hydrogens is 328 g/mol. The topological polar surface area (TPSA) is 80.1 Å². The zero-order chi connectivity index (χ0) is 18.5. The van der Waals surface area contributed by atoms with Crippen molar-refractivity contribution in [1.29, 1.82) is 5.26 Å². The van der Waals surface area contributed by atoms with Crippen molar-refractivity contribution in [3.8, 4) is 23.1 Å². The normalized spacial score (nSPS) is 10.0. The summed E-state index contributed by atoms with van der Waals surface area (Å²) in [4.78, 5) is 29.2. The number of carbonyl (C=O) groups excluding carboxylic acids is 2. The van der Waals surface area contributed by atoms with Crippen LogP contribution in [-0.2, 0) is 0 Å². The number of nitrogens with zero attached hydrogens (tertiary/aromatic N) is 2. The van der Waals surface area contributed by atoms with Crippen LogP contribution in [0.1, 0.15) is 26.3 Å². The van der Waals surface area contributed by atoms with Crippen molar-refractivity contribution in [2.45, 2.75) is 0 Å². The fourth-order valence-electron chi connectivity index (χ4n) is 2.48. The lowest BCUT2D eigenvalue weighted by Crippen LogP contribution is -2.14. The van der Waals surface area contributed by atoms with Gasteiger partial charge in [-0.3, -0.25) is 14.6 Å². The van der Waals surface area contributed by atoms with Gasteiger partial charge in [0.15, 0.2) is 0 Å². The molecule has 2 aromatic carbocycles. The Morgan fingerprint density at radius 2 is 1.69 bits per heavy atom. The van der Waals surface area contributed by atoms with Crippen molar-refractivity contribution in [2.75, 3.05) is 7.11 Å². The first-order chi connectivity index (χ1) is 12.6. The van der Waals surface area contributed by atoms with Crippen molar-refractivity contribution in [1.82, 2.24) is 4.98 Å². The molecule has 5 heteroatoms. The van der Waals surface area contributed by atoms with Crippen LogP contribution in [-0.4, -0.2) is 23.7 Å². The molecular formula is C21H14N2O3. The van der Waals surface area contributed by atoms with Crippen LogP contribution < -0.4 is 4.74 Å². The molecule has 0 radical (unpaired) electrons. The van der Waals surface area contributed by atoms with E-state index in [0.29, 0.717) is 28.1 Å². The van der Waals surface area contributed by atoms with Crippen molar-refractivity contribution >= 4 is 11.6 Å². The van der Waals surface area contributed by atoms with Gasteiger partial charge in [0.1, 0.15) is 5.75 Å². The maximum absolute atomic E-state index is 12.5. The van der Waals surface area contributed by atoms with E-state index in [-0.39, 0.29) is 5.56 Å². The van der Waals surface area contributed by atoms with Gasteiger partial charge in [-0.1, -0.05) is 12.1 Å². The Morgan fingerprint density at radius 1 is 0.962 bits per heavy atom. The molecule has 0 fully saturated rings. The van der Waals surface area contributed by atoms with E-state index in [2.05, 4.69) is 11.1 Å². The first-order valence-corrected chi connectivity index (χ1v) is 7.82. The van der Waals surface area contributed by atoms with Crippen molar-refractivity contribution in [3.05, 3.63) is 83.6 Å². The third kappa shape index (κ3) is 3.50. The number of benzene rings is 2. The van der Waals surface area contributed by atoms with E-state index in [4.69, 9.17) is 10.00 Å². The first-order valence-electron chi connectivity index (χ1n) is 7.82. The van der Waals surface area contributed by atoms with Crippen LogP contribution in [0.2, 0.25) is 0 Å². The highest BCUT2D eigenvalue weighted by molar-refractivity contribution is 6.49. The van der Waals surface area contributed by atoms with Crippen molar-refractivity contribution in [3.63, 3.8) is 0 Å². The summed E-state index contributed by atoms with van der Waals surface area (Å²) in [5, 5.41) is 9.01. The average Bonchev–Trinajstić information content (AvgIpc) is 2.73. The molecule has 0 aliphatic carbocycles. The zero-order valence-electron chi connectivity index (χ0n) is 14.0. The minimum atomic E-state index is -0.616. The number of nitriles is 1. The molecule has 5 nitrogen and oxygen atoms in total. The van der Waals surface area contributed by atoms with Gasteiger partial charge in [-0.2, -0.15) is 5.26 Å². The van der Waals surface area contributed by atoms with Gasteiger partial charge in [-0.25, -0.2) is 0 Å². The fourth-order valence-corrected chi connectivity index (χ4v) is 2.48. The minimum absolute atomic E-state index is 0.248. The average molecular weight is 342 g/mol. The summed E-state index contributed by atoms with van der Waals surface area (Å²) in [6.07, 6.45) is 1.48. The van der Waals surface area contributed by atoms with E-state index in [9.17, 15) is 9.59 Å². The van der Waals surface area contributed by atoms with E-state index in [1.807, 2.05) is 0 Å². The van der Waals surface area contributed by atoms with Crippen LogP contribution in [0.25, 0.3) is 11.3 Å². The van der Waals surface area contributed by atoms with Crippen LogP contribution in [0.3, 0.4) is 0 Å². The van der Waals surface area contributed by atoms with Gasteiger partial charge in [0.2, 0.25) is 11.6 Å². The van der Waals surface area contributed by atoms with Crippen LogP contribution >= 0.6 is 0 Å². The smallest absolute Gasteiger partial charge is 0.233 e. The number of pyridine rings is 1. The highest BCUT2D eigenvalue weighted by Gasteiger charge is 2.19. The lowest BCUT2D eigenvalue weighted by atomic mass is 10.00. The molecule has 1 heterocycles. The van der Waals surface area contributed by atoms with Gasteiger partial charge in [-0.15, -0.1) is 0 Å². The van der Waals surface area contributed by atoms with Gasteiger partial charge >= 0.3 is 0 Å². The maximum Gasteiger partial charge on any atom is 0.233 e. The largest absolute Gasteiger partial charge is 0.497 e. The lowest BCUT2D eigenvalue weighted by Gasteiger charge is -2.05. The lowest BCUT2D eigenvalue weighted by molar-refractivity contribution is 0.0817. The van der Waals surface area contributed by atoms with E-state index in [1.165, 1.54) is 19.4 Å². The SMILES string of the molecule is COc1ccc(C(=O)C(=O)c2ccnc(-c3cccc(C#N)c3)c2)cc1. The Morgan fingerprint density at radius 3 is 2.38 bits per heavy atom. The molecule has 0 amide bonds. The Labute approximate surface area is 150 Å². The molecule has 0 N–H and O–H groups in total. The summed E-state index contributed by atoms with van der Waals surface area (Å²) in [5.74, 6) is -0.608. The van der Waals surface area contributed by atoms with Gasteiger partial charge in [-0.05, 0) is 48.5 Å². The van der Waals surface area contributed by atoms with Crippen LogP contribution in [0, 0.1) is 11.3 Å². The summed E-state index contributed by atoms with van der Waals surface area (Å²) in [6.45, 7) is 0. The summed E-state index contributed by atoms with van der Waals surface area (Å²) in [5.41, 5.74) is 2.26. The molecule has 0 atom stereocenters. The molecule has 0 aliphatic heterocycles. The minimum Gasteiger partial charge on any atom is -0.497 e. The van der Waals surface area contributed by atoms with Gasteiger partial charge in [0, 0.05) is 22.9 Å². The number of ketones is 2. The number of methoxy groups -OCH3 is 1. The fraction of sp³-hybridized carbons (Fsp3) is 0.0476. The van der Waals surface area contributed by atoms with E-state index in [0.717, 1.165) is 0 Å². The second-order valence-electron chi connectivity index (χ2n) is 5.51. The standard InChI is InChI=1S/C21H14N2O3/c1-26-18-7-5-15(6-8-18)20(24)21(25)17-9-10-23-19(12-17)16-4-2-3-14(11-16)13-22/h2-12H,1H3. The Kier molecular flexibility index (Phi) is 4.86. The predicted molar refractivity (Wildman–Crippen MR) is 96.0 cm³/mol. The quantitative estimate of drug-likeness (QED) is 0.522. The van der Waals surface area contributed by atoms with Gasteiger partial charge in [0.25, 0.3) is 0 Å². The second-order valence-corrected chi connectivity index (χ2v) is 5.51. The summed E-state index contributed by atoms with van der Waals surface area (Å²) in [7, 11) is 1.53. The molecule has 1 aromatic heterocycles. The maximum atomic E-state index is 12.5. The highest BCUT2D eigenvalue weighted by atomic mass is 16.5. The Bertz CT molecular complexity index is 1020. The summed E-state index contributed by atoms with van der Waals surface area (Å²) in [6, 6.07) is 18.4. The number of hydrogen-bond acceptors (Lipinski definition) is 5. The second kappa shape index (κ2) is 7.41. The van der Waals surface area contributed by atoms with Crippen LogP contribution in [0.5, 0.6) is 5.75 Å². The van der Waals surface area contributed by atoms with E-state index < -0.39 is 11.6 Å². The van der Waals surface area contributed by atoms with Crippen molar-refractivity contribution in [2.24, 2.45) is 0 Å². The molecule has 0 saturated heterocycles. The Balaban J connectivity index is 1.90. The number of carbonyl (C=O) groups is 2. The monoisotopic (exact) mass is 342 g/mol. The predicted octanol–water partition coefficient (Wildman–Crippen LogP) is 3.69. The zero-order valence-corrected chi connectivity index (χ0v) is 14.0. The Hall–Kier alpha value is -3.78. The highest BCUT2D eigenvalue weighted by Crippen LogP contribution is 2.20. The number of ether oxygens (including phenoxy) is 1. The molecule has 0 spiro atoms. The third-order valence-corrected chi connectivity index (χ3v) is 3.87. The molecule has 3 aromatic rings. The first kappa shape index (κ1) is 17.1. The third-order valence-electron chi connectivity index (χ3n) is 3.87. The van der Waals surface area contributed by atoms with Crippen molar-refractivity contribution < 1.29 is 14.3 Å². The molecule has 0 unspecified atom stereocenters. The van der Waals surface area contributed by atoms with Crippen LogP contribution in [0.4, 0.5) is 0 Å². The van der Waals surface area contributed by atoms with Gasteiger partial charge < -0.3 is 4.74 Å². The molecule has 0 saturated carbocycles. The van der Waals surface area contributed by atoms with E-state index in [1.54, 1.807) is 54.6 Å². The summed E-state index contributed by atoms with van der Waals surface area (Å²) >= 11 is 0. The summed E-state index contributed by atoms with van der Waals surface area (Å²) < 4.78 is 5.05. The molecule has 26 heavy (non-hydrogen) atoms. The number of Topliss-reactive ketones (excluding diaryl/α,β-unsaturated/α-hetero) is 2. The van der Waals surface area contributed by atoms with Gasteiger partial charge in [0.05, 0.1) is 24.4 Å². The number of hydrogen-bond donors (Lipinski definition) is 0. The van der Waals surface area contributed by atoms with Crippen LogP contribution in [0.15, 0.2) is 66.9 Å². The number of aromatic nitrogens is 1. The molecule has 126 valence electrons.